The Morgan fingerprint density at radius 2 is 2.31 bits per heavy atom. The number of aryl methyl sites for hydroxylation is 1. The van der Waals surface area contributed by atoms with Crippen LogP contribution in [0.4, 0.5) is 0 Å². The molecule has 0 saturated heterocycles. The van der Waals surface area contributed by atoms with Gasteiger partial charge in [-0.05, 0) is 12.5 Å². The smallest absolute Gasteiger partial charge is 0.311 e. The molecule has 2 rings (SSSR count). The van der Waals surface area contributed by atoms with E-state index in [1.807, 2.05) is 31.2 Å². The second-order valence-electron chi connectivity index (χ2n) is 3.60. The highest BCUT2D eigenvalue weighted by Gasteiger charge is 2.13. The maximum Gasteiger partial charge on any atom is 0.311 e. The number of aliphatic carboxylic acids is 1. The third kappa shape index (κ3) is 2.11. The van der Waals surface area contributed by atoms with Crippen LogP contribution in [0.25, 0.3) is 11.1 Å². The van der Waals surface area contributed by atoms with Crippen LogP contribution in [0.3, 0.4) is 0 Å². The molecule has 0 saturated carbocycles. The van der Waals surface area contributed by atoms with Crippen LogP contribution < -0.4 is 0 Å². The first-order chi connectivity index (χ1) is 7.66. The molecule has 0 aliphatic carbocycles. The fraction of sp³-hybridized carbons (Fsp3) is 0.167. The van der Waals surface area contributed by atoms with Crippen LogP contribution in [0, 0.1) is 6.92 Å². The number of hydrogen-bond donors (Lipinski definition) is 1. The molecule has 4 heteroatoms. The summed E-state index contributed by atoms with van der Waals surface area (Å²) in [7, 11) is 0. The van der Waals surface area contributed by atoms with Crippen molar-refractivity contribution in [2.24, 2.45) is 0 Å². The molecule has 0 spiro atoms. The molecule has 0 unspecified atom stereocenters. The first-order valence-corrected chi connectivity index (χ1v) is 4.89. The number of rotatable bonds is 3. The largest absolute Gasteiger partial charge is 0.481 e. The van der Waals surface area contributed by atoms with E-state index in [2.05, 4.69) is 5.16 Å². The van der Waals surface area contributed by atoms with Crippen molar-refractivity contribution in [2.75, 3.05) is 0 Å². The Balaban J connectivity index is 2.40. The van der Waals surface area contributed by atoms with E-state index >= 15 is 0 Å². The van der Waals surface area contributed by atoms with E-state index in [1.54, 1.807) is 6.20 Å². The van der Waals surface area contributed by atoms with Gasteiger partial charge in [0.05, 0.1) is 6.20 Å². The van der Waals surface area contributed by atoms with Gasteiger partial charge in [0.2, 0.25) is 0 Å². The molecule has 0 aliphatic heterocycles. The first kappa shape index (κ1) is 10.4. The number of aromatic nitrogens is 1. The van der Waals surface area contributed by atoms with E-state index in [4.69, 9.17) is 9.63 Å². The Bertz CT molecular complexity index is 516. The topological polar surface area (TPSA) is 63.3 Å². The number of carboxylic acid groups (broad SMARTS) is 1. The molecule has 0 fully saturated rings. The molecule has 0 radical (unpaired) electrons. The van der Waals surface area contributed by atoms with Crippen molar-refractivity contribution in [1.82, 2.24) is 5.16 Å². The number of benzene rings is 1. The number of hydrogen-bond acceptors (Lipinski definition) is 3. The van der Waals surface area contributed by atoms with Crippen molar-refractivity contribution >= 4 is 5.97 Å². The zero-order valence-electron chi connectivity index (χ0n) is 8.80. The Hall–Kier alpha value is -2.10. The normalized spacial score (nSPS) is 10.3. The zero-order chi connectivity index (χ0) is 11.5. The molecule has 2 aromatic rings. The van der Waals surface area contributed by atoms with E-state index in [9.17, 15) is 4.79 Å². The molecule has 0 bridgehead atoms. The van der Waals surface area contributed by atoms with Crippen molar-refractivity contribution in [3.63, 3.8) is 0 Å². The summed E-state index contributed by atoms with van der Waals surface area (Å²) >= 11 is 0. The minimum Gasteiger partial charge on any atom is -0.481 e. The first-order valence-electron chi connectivity index (χ1n) is 4.89. The molecule has 1 heterocycles. The lowest BCUT2D eigenvalue weighted by molar-refractivity contribution is -0.136. The van der Waals surface area contributed by atoms with Crippen molar-refractivity contribution < 1.29 is 14.4 Å². The molecule has 0 amide bonds. The van der Waals surface area contributed by atoms with E-state index < -0.39 is 5.97 Å². The summed E-state index contributed by atoms with van der Waals surface area (Å²) in [6, 6.07) is 7.78. The van der Waals surface area contributed by atoms with Gasteiger partial charge >= 0.3 is 5.97 Å². The van der Waals surface area contributed by atoms with Crippen LogP contribution in [-0.4, -0.2) is 16.2 Å². The van der Waals surface area contributed by atoms with E-state index in [0.29, 0.717) is 5.76 Å². The van der Waals surface area contributed by atoms with Crippen molar-refractivity contribution in [2.45, 2.75) is 13.3 Å². The number of carbonyl (C=O) groups is 1. The van der Waals surface area contributed by atoms with Gasteiger partial charge in [-0.3, -0.25) is 4.79 Å². The minimum atomic E-state index is -0.925. The second kappa shape index (κ2) is 4.18. The highest BCUT2D eigenvalue weighted by molar-refractivity contribution is 5.74. The number of carboxylic acids is 1. The summed E-state index contributed by atoms with van der Waals surface area (Å²) in [4.78, 5) is 10.6. The maximum absolute atomic E-state index is 10.6. The Labute approximate surface area is 92.5 Å². The third-order valence-corrected chi connectivity index (χ3v) is 2.29. The van der Waals surface area contributed by atoms with Gasteiger partial charge in [0, 0.05) is 5.56 Å². The molecule has 82 valence electrons. The Kier molecular flexibility index (Phi) is 2.72. The molecular weight excluding hydrogens is 206 g/mol. The fourth-order valence-corrected chi connectivity index (χ4v) is 1.58. The van der Waals surface area contributed by atoms with Gasteiger partial charge in [0.25, 0.3) is 0 Å². The van der Waals surface area contributed by atoms with Crippen LogP contribution in [0.5, 0.6) is 0 Å². The molecule has 16 heavy (non-hydrogen) atoms. The fourth-order valence-electron chi connectivity index (χ4n) is 1.58. The standard InChI is InChI=1S/C12H11NO3/c1-8-3-2-4-9(5-8)10-7-13-16-11(10)6-12(14)15/h2-5,7H,6H2,1H3,(H,14,15). The van der Waals surface area contributed by atoms with Gasteiger partial charge in [-0.2, -0.15) is 0 Å². The molecule has 1 N–H and O–H groups in total. The molecule has 1 aromatic carbocycles. The lowest BCUT2D eigenvalue weighted by Gasteiger charge is -2.00. The maximum atomic E-state index is 10.6. The highest BCUT2D eigenvalue weighted by Crippen LogP contribution is 2.24. The molecular formula is C12H11NO3. The third-order valence-electron chi connectivity index (χ3n) is 2.29. The summed E-state index contributed by atoms with van der Waals surface area (Å²) < 4.78 is 4.94. The quantitative estimate of drug-likeness (QED) is 0.856. The Morgan fingerprint density at radius 1 is 1.50 bits per heavy atom. The van der Waals surface area contributed by atoms with Gasteiger partial charge < -0.3 is 9.63 Å². The van der Waals surface area contributed by atoms with Crippen LogP contribution in [0.1, 0.15) is 11.3 Å². The average molecular weight is 217 g/mol. The lowest BCUT2D eigenvalue weighted by atomic mass is 10.0. The predicted octanol–water partition coefficient (Wildman–Crippen LogP) is 2.28. The predicted molar refractivity (Wildman–Crippen MR) is 58.0 cm³/mol. The van der Waals surface area contributed by atoms with Gasteiger partial charge in [0.15, 0.2) is 5.76 Å². The molecule has 4 nitrogen and oxygen atoms in total. The molecule has 0 aliphatic rings. The van der Waals surface area contributed by atoms with Crippen LogP contribution in [0.2, 0.25) is 0 Å². The lowest BCUT2D eigenvalue weighted by Crippen LogP contribution is -1.99. The summed E-state index contributed by atoms with van der Waals surface area (Å²) in [5.74, 6) is -0.538. The monoisotopic (exact) mass is 217 g/mol. The van der Waals surface area contributed by atoms with Crippen LogP contribution in [-0.2, 0) is 11.2 Å². The summed E-state index contributed by atoms with van der Waals surface area (Å²) in [6.07, 6.45) is 1.40. The number of nitrogens with zero attached hydrogens (tertiary/aromatic N) is 1. The molecule has 0 atom stereocenters. The summed E-state index contributed by atoms with van der Waals surface area (Å²) in [6.45, 7) is 1.98. The highest BCUT2D eigenvalue weighted by atomic mass is 16.5. The van der Waals surface area contributed by atoms with Gasteiger partial charge in [-0.15, -0.1) is 0 Å². The summed E-state index contributed by atoms with van der Waals surface area (Å²) in [5.41, 5.74) is 2.78. The van der Waals surface area contributed by atoms with Crippen molar-refractivity contribution in [3.05, 3.63) is 41.8 Å². The SMILES string of the molecule is Cc1cccc(-c2cnoc2CC(=O)O)c1. The average Bonchev–Trinajstić information content (AvgIpc) is 2.65. The van der Waals surface area contributed by atoms with Gasteiger partial charge in [-0.25, -0.2) is 0 Å². The van der Waals surface area contributed by atoms with Gasteiger partial charge in [-0.1, -0.05) is 35.0 Å². The Morgan fingerprint density at radius 3 is 3.00 bits per heavy atom. The van der Waals surface area contributed by atoms with E-state index in [0.717, 1.165) is 16.7 Å². The van der Waals surface area contributed by atoms with Crippen molar-refractivity contribution in [3.8, 4) is 11.1 Å². The minimum absolute atomic E-state index is 0.150. The van der Waals surface area contributed by atoms with Crippen LogP contribution >= 0.6 is 0 Å². The zero-order valence-corrected chi connectivity index (χ0v) is 8.80. The second-order valence-corrected chi connectivity index (χ2v) is 3.60. The van der Waals surface area contributed by atoms with Crippen molar-refractivity contribution in [1.29, 1.82) is 0 Å². The van der Waals surface area contributed by atoms with E-state index in [1.165, 1.54) is 0 Å². The molecule has 1 aromatic heterocycles. The van der Waals surface area contributed by atoms with E-state index in [-0.39, 0.29) is 6.42 Å². The summed E-state index contributed by atoms with van der Waals surface area (Å²) in [5, 5.41) is 12.4. The van der Waals surface area contributed by atoms with Crippen LogP contribution in [0.15, 0.2) is 35.0 Å². The van der Waals surface area contributed by atoms with Gasteiger partial charge in [0.1, 0.15) is 6.42 Å².